The van der Waals surface area contributed by atoms with Crippen LogP contribution < -0.4 is 0 Å². The fourth-order valence-electron chi connectivity index (χ4n) is 2.52. The van der Waals surface area contributed by atoms with Gasteiger partial charge in [-0.1, -0.05) is 19.1 Å². The highest BCUT2D eigenvalue weighted by Crippen LogP contribution is 2.33. The molecule has 18 heavy (non-hydrogen) atoms. The predicted molar refractivity (Wildman–Crippen MR) is 67.7 cm³/mol. The fourth-order valence-corrected chi connectivity index (χ4v) is 2.52. The van der Waals surface area contributed by atoms with E-state index < -0.39 is 5.60 Å². The van der Waals surface area contributed by atoms with Crippen LogP contribution in [-0.2, 0) is 11.2 Å². The second kappa shape index (κ2) is 5.19. The Morgan fingerprint density at radius 3 is 2.72 bits per heavy atom. The summed E-state index contributed by atoms with van der Waals surface area (Å²) in [6, 6.07) is 6.01. The number of hydrogen-bond donors (Lipinski definition) is 1. The van der Waals surface area contributed by atoms with Gasteiger partial charge in [-0.3, -0.25) is 4.79 Å². The first-order valence-corrected chi connectivity index (χ1v) is 6.50. The highest BCUT2D eigenvalue weighted by atomic mass is 19.1. The maximum Gasteiger partial charge on any atom is 0.168 e. The lowest BCUT2D eigenvalue weighted by Gasteiger charge is -2.33. The van der Waals surface area contributed by atoms with E-state index in [1.54, 1.807) is 12.1 Å². The lowest BCUT2D eigenvalue weighted by Crippen LogP contribution is -2.42. The number of carbonyl (C=O) groups excluding carboxylic acids is 1. The molecule has 0 bridgehead atoms. The van der Waals surface area contributed by atoms with Crippen molar-refractivity contribution in [1.29, 1.82) is 0 Å². The minimum Gasteiger partial charge on any atom is -0.382 e. The van der Waals surface area contributed by atoms with Crippen molar-refractivity contribution in [3.63, 3.8) is 0 Å². The smallest absolute Gasteiger partial charge is 0.168 e. The number of carbonyl (C=O) groups is 1. The van der Waals surface area contributed by atoms with Gasteiger partial charge in [0.05, 0.1) is 0 Å². The average Bonchev–Trinajstić information content (AvgIpc) is 2.33. The average molecular weight is 250 g/mol. The number of Topliss-reactive ketones (excluding diaryl/α,β-unsaturated/α-hetero) is 1. The van der Waals surface area contributed by atoms with Crippen LogP contribution in [-0.4, -0.2) is 16.5 Å². The summed E-state index contributed by atoms with van der Waals surface area (Å²) in [7, 11) is 0. The van der Waals surface area contributed by atoms with Crippen molar-refractivity contribution in [2.24, 2.45) is 5.92 Å². The molecule has 2 nitrogen and oxygen atoms in total. The Bertz CT molecular complexity index is 434. The molecule has 1 aromatic rings. The molecule has 0 atom stereocenters. The molecule has 98 valence electrons. The Balaban J connectivity index is 2.03. The molecular weight excluding hydrogens is 231 g/mol. The second-order valence-corrected chi connectivity index (χ2v) is 5.44. The lowest BCUT2D eigenvalue weighted by atomic mass is 9.76. The molecule has 1 aliphatic carbocycles. The molecule has 0 amide bonds. The molecule has 0 unspecified atom stereocenters. The number of ketones is 1. The maximum absolute atomic E-state index is 13.0. The zero-order valence-corrected chi connectivity index (χ0v) is 10.7. The standard InChI is InChI=1S/C15H19FO2/c1-11-5-7-15(18,8-6-11)14(17)10-12-3-2-4-13(16)9-12/h2-4,9,11,18H,5-8,10H2,1H3. The second-order valence-electron chi connectivity index (χ2n) is 5.44. The number of aliphatic hydroxyl groups is 1. The Hall–Kier alpha value is -1.22. The van der Waals surface area contributed by atoms with Crippen molar-refractivity contribution in [2.45, 2.75) is 44.6 Å². The molecule has 0 aromatic heterocycles. The van der Waals surface area contributed by atoms with Crippen LogP contribution in [0.25, 0.3) is 0 Å². The maximum atomic E-state index is 13.0. The van der Waals surface area contributed by atoms with Crippen molar-refractivity contribution in [2.75, 3.05) is 0 Å². The van der Waals surface area contributed by atoms with Gasteiger partial charge in [0, 0.05) is 6.42 Å². The highest BCUT2D eigenvalue weighted by Gasteiger charge is 2.38. The molecule has 1 saturated carbocycles. The van der Waals surface area contributed by atoms with Gasteiger partial charge in [0.15, 0.2) is 5.78 Å². The normalized spacial score (nSPS) is 28.1. The number of benzene rings is 1. The van der Waals surface area contributed by atoms with Gasteiger partial charge in [0.25, 0.3) is 0 Å². The van der Waals surface area contributed by atoms with Crippen molar-refractivity contribution in [3.8, 4) is 0 Å². The molecule has 1 aromatic carbocycles. The van der Waals surface area contributed by atoms with Gasteiger partial charge in [0.2, 0.25) is 0 Å². The third-order valence-corrected chi connectivity index (χ3v) is 3.87. The summed E-state index contributed by atoms with van der Waals surface area (Å²) in [5.41, 5.74) is -0.564. The van der Waals surface area contributed by atoms with Gasteiger partial charge in [-0.25, -0.2) is 4.39 Å². The molecule has 1 N–H and O–H groups in total. The summed E-state index contributed by atoms with van der Waals surface area (Å²) in [6.07, 6.45) is 2.93. The summed E-state index contributed by atoms with van der Waals surface area (Å²) in [5.74, 6) is 0.0526. The molecule has 0 aliphatic heterocycles. The van der Waals surface area contributed by atoms with Gasteiger partial charge in [-0.2, -0.15) is 0 Å². The van der Waals surface area contributed by atoms with Crippen molar-refractivity contribution < 1.29 is 14.3 Å². The van der Waals surface area contributed by atoms with Gasteiger partial charge in [0.1, 0.15) is 11.4 Å². The monoisotopic (exact) mass is 250 g/mol. The van der Waals surface area contributed by atoms with Crippen LogP contribution in [0.4, 0.5) is 4.39 Å². The van der Waals surface area contributed by atoms with E-state index in [4.69, 9.17) is 0 Å². The van der Waals surface area contributed by atoms with Gasteiger partial charge >= 0.3 is 0 Å². The highest BCUT2D eigenvalue weighted by molar-refractivity contribution is 5.89. The van der Waals surface area contributed by atoms with Crippen LogP contribution in [0.5, 0.6) is 0 Å². The van der Waals surface area contributed by atoms with Gasteiger partial charge in [-0.15, -0.1) is 0 Å². The van der Waals surface area contributed by atoms with E-state index >= 15 is 0 Å². The summed E-state index contributed by atoms with van der Waals surface area (Å²) >= 11 is 0. The summed E-state index contributed by atoms with van der Waals surface area (Å²) in [6.45, 7) is 2.14. The molecule has 2 rings (SSSR count). The fraction of sp³-hybridized carbons (Fsp3) is 0.533. The first-order valence-electron chi connectivity index (χ1n) is 6.50. The van der Waals surface area contributed by atoms with E-state index in [2.05, 4.69) is 6.92 Å². The molecule has 1 aliphatic rings. The van der Waals surface area contributed by atoms with E-state index in [9.17, 15) is 14.3 Å². The minimum atomic E-state index is -1.20. The molecule has 3 heteroatoms. The zero-order chi connectivity index (χ0) is 13.2. The molecule has 0 heterocycles. The van der Waals surface area contributed by atoms with Crippen LogP contribution in [0.3, 0.4) is 0 Å². The summed E-state index contributed by atoms with van der Waals surface area (Å²) in [4.78, 5) is 12.1. The van der Waals surface area contributed by atoms with E-state index in [0.29, 0.717) is 24.3 Å². The van der Waals surface area contributed by atoms with Gasteiger partial charge in [-0.05, 0) is 49.3 Å². The largest absolute Gasteiger partial charge is 0.382 e. The van der Waals surface area contributed by atoms with Crippen molar-refractivity contribution in [1.82, 2.24) is 0 Å². The molecule has 0 radical (unpaired) electrons. The number of rotatable bonds is 3. The van der Waals surface area contributed by atoms with Crippen LogP contribution >= 0.6 is 0 Å². The zero-order valence-electron chi connectivity index (χ0n) is 10.7. The Morgan fingerprint density at radius 1 is 1.44 bits per heavy atom. The number of halogens is 1. The molecular formula is C15H19FO2. The first-order chi connectivity index (χ1) is 8.49. The predicted octanol–water partition coefficient (Wildman–Crippen LogP) is 2.88. The van der Waals surface area contributed by atoms with Crippen LogP contribution in [0.1, 0.15) is 38.2 Å². The quantitative estimate of drug-likeness (QED) is 0.895. The summed E-state index contributed by atoms with van der Waals surface area (Å²) < 4.78 is 13.0. The van der Waals surface area contributed by atoms with E-state index in [1.807, 2.05) is 0 Å². The third kappa shape index (κ3) is 2.96. The Kier molecular flexibility index (Phi) is 3.81. The molecule has 1 fully saturated rings. The van der Waals surface area contributed by atoms with Crippen molar-refractivity contribution in [3.05, 3.63) is 35.6 Å². The first kappa shape index (κ1) is 13.2. The Labute approximate surface area is 107 Å². The van der Waals surface area contributed by atoms with E-state index in [1.165, 1.54) is 12.1 Å². The molecule has 0 spiro atoms. The third-order valence-electron chi connectivity index (χ3n) is 3.87. The number of hydrogen-bond acceptors (Lipinski definition) is 2. The van der Waals surface area contributed by atoms with Crippen LogP contribution in [0, 0.1) is 11.7 Å². The Morgan fingerprint density at radius 2 is 2.11 bits per heavy atom. The molecule has 0 saturated heterocycles. The SMILES string of the molecule is CC1CCC(O)(C(=O)Cc2cccc(F)c2)CC1. The topological polar surface area (TPSA) is 37.3 Å². The van der Waals surface area contributed by atoms with Crippen LogP contribution in [0.15, 0.2) is 24.3 Å². The van der Waals surface area contributed by atoms with Crippen LogP contribution in [0.2, 0.25) is 0 Å². The lowest BCUT2D eigenvalue weighted by molar-refractivity contribution is -0.140. The minimum absolute atomic E-state index is 0.114. The van der Waals surface area contributed by atoms with Crippen molar-refractivity contribution >= 4 is 5.78 Å². The van der Waals surface area contributed by atoms with Gasteiger partial charge < -0.3 is 5.11 Å². The summed E-state index contributed by atoms with van der Waals surface area (Å²) in [5, 5.41) is 10.3. The van der Waals surface area contributed by atoms with E-state index in [-0.39, 0.29) is 18.0 Å². The van der Waals surface area contributed by atoms with E-state index in [0.717, 1.165) is 12.8 Å².